The topological polar surface area (TPSA) is 57.2 Å². The molecule has 0 saturated carbocycles. The molecule has 144 valence electrons. The van der Waals surface area contributed by atoms with E-state index in [1.807, 2.05) is 30.3 Å². The van der Waals surface area contributed by atoms with Crippen LogP contribution in [0.15, 0.2) is 35.3 Å². The Morgan fingerprint density at radius 1 is 1.31 bits per heavy atom. The Morgan fingerprint density at radius 3 is 2.54 bits per heavy atom. The van der Waals surface area contributed by atoms with E-state index in [-0.39, 0.29) is 18.6 Å². The monoisotopic (exact) mass is 360 g/mol. The molecule has 1 heterocycles. The maximum absolute atomic E-state index is 11.9. The number of likely N-dealkylation sites (tertiary alicyclic amines) is 1. The first-order valence-corrected chi connectivity index (χ1v) is 9.47. The molecule has 1 fully saturated rings. The van der Waals surface area contributed by atoms with Crippen molar-refractivity contribution < 1.29 is 9.53 Å². The third-order valence-corrected chi connectivity index (χ3v) is 4.64. The fraction of sp³-hybridized carbons (Fsp3) is 0.600. The van der Waals surface area contributed by atoms with Crippen LogP contribution in [-0.4, -0.2) is 67.5 Å². The van der Waals surface area contributed by atoms with Gasteiger partial charge < -0.3 is 19.9 Å². The SMILES string of the molecule is CCC(C)NC(=NCC(=O)N(C)C)N1CCC(Oc2ccccc2)CC1. The highest BCUT2D eigenvalue weighted by atomic mass is 16.5. The van der Waals surface area contributed by atoms with Crippen LogP contribution in [0.2, 0.25) is 0 Å². The number of nitrogens with zero attached hydrogens (tertiary/aromatic N) is 3. The predicted molar refractivity (Wildman–Crippen MR) is 106 cm³/mol. The van der Waals surface area contributed by atoms with Gasteiger partial charge in [0.15, 0.2) is 5.96 Å². The lowest BCUT2D eigenvalue weighted by molar-refractivity contribution is -0.127. The van der Waals surface area contributed by atoms with Gasteiger partial charge in [0, 0.05) is 46.1 Å². The smallest absolute Gasteiger partial charge is 0.243 e. The summed E-state index contributed by atoms with van der Waals surface area (Å²) in [5.41, 5.74) is 0. The highest BCUT2D eigenvalue weighted by Gasteiger charge is 2.23. The molecule has 6 nitrogen and oxygen atoms in total. The zero-order chi connectivity index (χ0) is 18.9. The van der Waals surface area contributed by atoms with Crippen molar-refractivity contribution in [3.8, 4) is 5.75 Å². The molecule has 1 aliphatic heterocycles. The summed E-state index contributed by atoms with van der Waals surface area (Å²) in [5.74, 6) is 1.76. The van der Waals surface area contributed by atoms with Gasteiger partial charge in [-0.2, -0.15) is 0 Å². The Morgan fingerprint density at radius 2 is 1.96 bits per heavy atom. The summed E-state index contributed by atoms with van der Waals surface area (Å²) in [6.07, 6.45) is 3.12. The van der Waals surface area contributed by atoms with Crippen LogP contribution in [0.3, 0.4) is 0 Å². The number of benzene rings is 1. The van der Waals surface area contributed by atoms with Gasteiger partial charge in [-0.05, 0) is 25.5 Å². The van der Waals surface area contributed by atoms with E-state index in [2.05, 4.69) is 29.1 Å². The van der Waals surface area contributed by atoms with E-state index in [9.17, 15) is 4.79 Å². The lowest BCUT2D eigenvalue weighted by atomic mass is 10.1. The van der Waals surface area contributed by atoms with E-state index >= 15 is 0 Å². The molecule has 1 N–H and O–H groups in total. The van der Waals surface area contributed by atoms with Crippen molar-refractivity contribution in [1.29, 1.82) is 0 Å². The molecule has 1 aromatic carbocycles. The van der Waals surface area contributed by atoms with E-state index in [1.54, 1.807) is 19.0 Å². The zero-order valence-electron chi connectivity index (χ0n) is 16.4. The molecule has 0 aromatic heterocycles. The van der Waals surface area contributed by atoms with Gasteiger partial charge >= 0.3 is 0 Å². The number of carbonyl (C=O) groups excluding carboxylic acids is 1. The van der Waals surface area contributed by atoms with Crippen LogP contribution in [0.25, 0.3) is 0 Å². The second-order valence-electron chi connectivity index (χ2n) is 7.00. The minimum atomic E-state index is 0.00995. The number of guanidine groups is 1. The maximum Gasteiger partial charge on any atom is 0.243 e. The fourth-order valence-corrected chi connectivity index (χ4v) is 2.72. The quantitative estimate of drug-likeness (QED) is 0.625. The first kappa shape index (κ1) is 20.1. The van der Waals surface area contributed by atoms with Gasteiger partial charge in [0.25, 0.3) is 0 Å². The molecular weight excluding hydrogens is 328 g/mol. The number of hydrogen-bond acceptors (Lipinski definition) is 3. The van der Waals surface area contributed by atoms with Gasteiger partial charge in [-0.15, -0.1) is 0 Å². The van der Waals surface area contributed by atoms with Gasteiger partial charge in [0.05, 0.1) is 0 Å². The first-order valence-electron chi connectivity index (χ1n) is 9.47. The van der Waals surface area contributed by atoms with Crippen molar-refractivity contribution in [3.63, 3.8) is 0 Å². The third-order valence-electron chi connectivity index (χ3n) is 4.64. The average Bonchev–Trinajstić information content (AvgIpc) is 2.66. The molecular formula is C20H32N4O2. The molecule has 0 bridgehead atoms. The Labute approximate surface area is 157 Å². The third kappa shape index (κ3) is 6.24. The largest absolute Gasteiger partial charge is 0.490 e. The summed E-state index contributed by atoms with van der Waals surface area (Å²) >= 11 is 0. The minimum Gasteiger partial charge on any atom is -0.490 e. The molecule has 1 saturated heterocycles. The second-order valence-corrected chi connectivity index (χ2v) is 7.00. The number of rotatable bonds is 6. The minimum absolute atomic E-state index is 0.00995. The van der Waals surface area contributed by atoms with Crippen LogP contribution in [0.1, 0.15) is 33.1 Å². The number of ether oxygens (including phenoxy) is 1. The summed E-state index contributed by atoms with van der Waals surface area (Å²) < 4.78 is 6.07. The Balaban J connectivity index is 1.94. The van der Waals surface area contributed by atoms with E-state index in [1.165, 1.54) is 0 Å². The van der Waals surface area contributed by atoms with E-state index in [0.29, 0.717) is 6.04 Å². The normalized spacial score (nSPS) is 16.9. The van der Waals surface area contributed by atoms with E-state index in [0.717, 1.165) is 44.1 Å². The maximum atomic E-state index is 11.9. The van der Waals surface area contributed by atoms with Gasteiger partial charge in [-0.3, -0.25) is 4.79 Å². The predicted octanol–water partition coefficient (Wildman–Crippen LogP) is 2.36. The molecule has 0 spiro atoms. The van der Waals surface area contributed by atoms with Crippen LogP contribution < -0.4 is 10.1 Å². The highest BCUT2D eigenvalue weighted by molar-refractivity contribution is 5.85. The van der Waals surface area contributed by atoms with Crippen molar-refractivity contribution in [2.45, 2.75) is 45.3 Å². The Bertz CT molecular complexity index is 581. The van der Waals surface area contributed by atoms with Gasteiger partial charge in [0.1, 0.15) is 18.4 Å². The molecule has 0 radical (unpaired) electrons. The summed E-state index contributed by atoms with van der Waals surface area (Å²) in [6.45, 7) is 6.19. The van der Waals surface area contributed by atoms with Crippen molar-refractivity contribution >= 4 is 11.9 Å². The molecule has 1 aromatic rings. The molecule has 0 aliphatic carbocycles. The summed E-state index contributed by atoms with van der Waals surface area (Å²) in [7, 11) is 3.51. The number of para-hydroxylation sites is 1. The number of amides is 1. The number of carbonyl (C=O) groups is 1. The summed E-state index contributed by atoms with van der Waals surface area (Å²) in [6, 6.07) is 10.3. The van der Waals surface area contributed by atoms with Crippen LogP contribution in [0.4, 0.5) is 0 Å². The zero-order valence-corrected chi connectivity index (χ0v) is 16.4. The number of piperidine rings is 1. The second kappa shape index (κ2) is 10.0. The van der Waals surface area contributed by atoms with Crippen LogP contribution in [0, 0.1) is 0 Å². The number of hydrogen-bond donors (Lipinski definition) is 1. The lowest BCUT2D eigenvalue weighted by Crippen LogP contribution is -2.50. The first-order chi connectivity index (χ1) is 12.5. The Hall–Kier alpha value is -2.24. The van der Waals surface area contributed by atoms with Crippen LogP contribution >= 0.6 is 0 Å². The number of aliphatic imine (C=N–C) groups is 1. The number of likely N-dealkylation sites (N-methyl/N-ethyl adjacent to an activating group) is 1. The highest BCUT2D eigenvalue weighted by Crippen LogP contribution is 2.18. The van der Waals surface area contributed by atoms with Crippen molar-refractivity contribution in [2.75, 3.05) is 33.7 Å². The molecule has 1 atom stereocenters. The number of nitrogens with one attached hydrogen (secondary N) is 1. The summed E-state index contributed by atoms with van der Waals surface area (Å²) in [5, 5.41) is 3.46. The lowest BCUT2D eigenvalue weighted by Gasteiger charge is -2.35. The van der Waals surface area contributed by atoms with Crippen LogP contribution in [0.5, 0.6) is 5.75 Å². The fourth-order valence-electron chi connectivity index (χ4n) is 2.72. The van der Waals surface area contributed by atoms with E-state index in [4.69, 9.17) is 4.74 Å². The Kier molecular flexibility index (Phi) is 7.75. The van der Waals surface area contributed by atoms with E-state index < -0.39 is 0 Å². The van der Waals surface area contributed by atoms with Gasteiger partial charge in [-0.25, -0.2) is 4.99 Å². The average molecular weight is 361 g/mol. The standard InChI is InChI=1S/C20H32N4O2/c1-5-16(2)22-20(21-15-19(25)23(3)4)24-13-11-18(12-14-24)26-17-9-7-6-8-10-17/h6-10,16,18H,5,11-15H2,1-4H3,(H,21,22). The van der Waals surface area contributed by atoms with Gasteiger partial charge in [0.2, 0.25) is 5.91 Å². The molecule has 1 amide bonds. The van der Waals surface area contributed by atoms with Crippen molar-refractivity contribution in [3.05, 3.63) is 30.3 Å². The molecule has 6 heteroatoms. The van der Waals surface area contributed by atoms with Crippen LogP contribution in [-0.2, 0) is 4.79 Å². The summed E-state index contributed by atoms with van der Waals surface area (Å²) in [4.78, 5) is 20.3. The van der Waals surface area contributed by atoms with Gasteiger partial charge in [-0.1, -0.05) is 25.1 Å². The molecule has 1 aliphatic rings. The van der Waals surface area contributed by atoms with Crippen molar-refractivity contribution in [1.82, 2.24) is 15.1 Å². The molecule has 1 unspecified atom stereocenters. The van der Waals surface area contributed by atoms with Crippen molar-refractivity contribution in [2.24, 2.45) is 4.99 Å². The molecule has 26 heavy (non-hydrogen) atoms. The molecule has 2 rings (SSSR count).